The van der Waals surface area contributed by atoms with Gasteiger partial charge in [-0.2, -0.15) is 0 Å². The molecule has 1 atom stereocenters. The molecule has 140 valence electrons. The highest BCUT2D eigenvalue weighted by atomic mass is 32.1. The molecule has 2 N–H and O–H groups in total. The maximum absolute atomic E-state index is 13.0. The van der Waals surface area contributed by atoms with E-state index in [0.29, 0.717) is 5.56 Å². The van der Waals surface area contributed by atoms with Crippen LogP contribution >= 0.6 is 12.6 Å². The maximum atomic E-state index is 13.0. The van der Waals surface area contributed by atoms with Gasteiger partial charge in [-0.3, -0.25) is 29.3 Å². The number of hydrogen-bond donors (Lipinski definition) is 3. The summed E-state index contributed by atoms with van der Waals surface area (Å²) in [5, 5.41) is 4.91. The van der Waals surface area contributed by atoms with E-state index in [0.717, 1.165) is 17.7 Å². The summed E-state index contributed by atoms with van der Waals surface area (Å²) in [6.45, 7) is 0.121. The Morgan fingerprint density at radius 2 is 1.96 bits per heavy atom. The molecule has 27 heavy (non-hydrogen) atoms. The monoisotopic (exact) mass is 387 g/mol. The molecule has 5 amide bonds. The zero-order valence-electron chi connectivity index (χ0n) is 14.3. The lowest BCUT2D eigenvalue weighted by molar-refractivity contribution is -0.137. The fraction of sp³-hybridized carbons (Fsp3) is 0.389. The topological polar surface area (TPSA) is 113 Å². The van der Waals surface area contributed by atoms with Crippen LogP contribution in [0.5, 0.6) is 0 Å². The standard InChI is InChI=1S/C18H17N3O5S/c22-12-6-7-18(27,17(26)20-12)21-15(24)11-3-1-2-10(13(11)16(21)25)8-19-14(23)9-4-5-9/h1-3,9,27H,4-8H2,(H,19,23)(H,20,22,26). The van der Waals surface area contributed by atoms with E-state index in [4.69, 9.17) is 0 Å². The van der Waals surface area contributed by atoms with Gasteiger partial charge in [-0.15, -0.1) is 12.6 Å². The molecule has 1 saturated heterocycles. The van der Waals surface area contributed by atoms with Crippen LogP contribution in [-0.4, -0.2) is 39.3 Å². The predicted molar refractivity (Wildman–Crippen MR) is 95.6 cm³/mol. The van der Waals surface area contributed by atoms with Crippen LogP contribution in [0, 0.1) is 5.92 Å². The summed E-state index contributed by atoms with van der Waals surface area (Å²) >= 11 is 4.31. The molecule has 2 heterocycles. The number of fused-ring (bicyclic) bond motifs is 1. The average molecular weight is 387 g/mol. The van der Waals surface area contributed by atoms with E-state index in [1.54, 1.807) is 12.1 Å². The van der Waals surface area contributed by atoms with Crippen LogP contribution < -0.4 is 10.6 Å². The van der Waals surface area contributed by atoms with Gasteiger partial charge in [0.2, 0.25) is 11.8 Å². The van der Waals surface area contributed by atoms with Gasteiger partial charge in [-0.05, 0) is 30.9 Å². The fourth-order valence-corrected chi connectivity index (χ4v) is 3.76. The van der Waals surface area contributed by atoms with Crippen molar-refractivity contribution in [2.45, 2.75) is 37.1 Å². The molecule has 0 spiro atoms. The normalized spacial score (nSPS) is 24.7. The summed E-state index contributed by atoms with van der Waals surface area (Å²) in [5.41, 5.74) is 0.833. The van der Waals surface area contributed by atoms with Gasteiger partial charge in [-0.25, -0.2) is 4.90 Å². The van der Waals surface area contributed by atoms with Crippen molar-refractivity contribution in [1.82, 2.24) is 15.5 Å². The molecule has 2 fully saturated rings. The number of piperidine rings is 1. The molecule has 0 aromatic heterocycles. The number of rotatable bonds is 4. The first kappa shape index (κ1) is 17.7. The minimum Gasteiger partial charge on any atom is -0.352 e. The zero-order chi connectivity index (χ0) is 19.3. The number of amides is 5. The lowest BCUT2D eigenvalue weighted by Gasteiger charge is -2.37. The van der Waals surface area contributed by atoms with Crippen LogP contribution in [0.2, 0.25) is 0 Å². The Hall–Kier alpha value is -2.68. The second kappa shape index (κ2) is 6.19. The van der Waals surface area contributed by atoms with Crippen LogP contribution in [0.4, 0.5) is 0 Å². The number of nitrogens with zero attached hydrogens (tertiary/aromatic N) is 1. The summed E-state index contributed by atoms with van der Waals surface area (Å²) in [6, 6.07) is 4.79. The molecule has 1 aliphatic carbocycles. The number of thiol groups is 1. The third-order valence-corrected chi connectivity index (χ3v) is 5.72. The molecule has 1 unspecified atom stereocenters. The zero-order valence-corrected chi connectivity index (χ0v) is 15.2. The van der Waals surface area contributed by atoms with Crippen molar-refractivity contribution in [2.24, 2.45) is 5.92 Å². The highest BCUT2D eigenvalue weighted by Gasteiger charge is 2.54. The number of nitrogens with one attached hydrogen (secondary N) is 2. The fourth-order valence-electron chi connectivity index (χ4n) is 3.41. The van der Waals surface area contributed by atoms with E-state index in [9.17, 15) is 24.0 Å². The summed E-state index contributed by atoms with van der Waals surface area (Å²) < 4.78 is 0. The van der Waals surface area contributed by atoms with Crippen LogP contribution in [-0.2, 0) is 20.9 Å². The second-order valence-corrected chi connectivity index (χ2v) is 7.71. The third kappa shape index (κ3) is 2.82. The molecule has 2 aliphatic heterocycles. The minimum absolute atomic E-state index is 0.0209. The van der Waals surface area contributed by atoms with Crippen LogP contribution in [0.15, 0.2) is 18.2 Å². The van der Waals surface area contributed by atoms with Crippen molar-refractivity contribution in [3.8, 4) is 0 Å². The molecular weight excluding hydrogens is 370 g/mol. The van der Waals surface area contributed by atoms with Gasteiger partial charge in [0.05, 0.1) is 11.1 Å². The molecular formula is C18H17N3O5S. The summed E-state index contributed by atoms with van der Waals surface area (Å²) in [7, 11) is 0. The number of carbonyl (C=O) groups excluding carboxylic acids is 5. The van der Waals surface area contributed by atoms with E-state index in [1.165, 1.54) is 6.07 Å². The summed E-state index contributed by atoms with van der Waals surface area (Å²) in [5.74, 6) is -2.59. The van der Waals surface area contributed by atoms with Gasteiger partial charge in [0, 0.05) is 18.9 Å². The van der Waals surface area contributed by atoms with Crippen LogP contribution in [0.3, 0.4) is 0 Å². The van der Waals surface area contributed by atoms with Crippen molar-refractivity contribution in [2.75, 3.05) is 0 Å². The molecule has 9 heteroatoms. The predicted octanol–water partition coefficient (Wildman–Crippen LogP) is 0.372. The molecule has 1 saturated carbocycles. The largest absolute Gasteiger partial charge is 0.352 e. The molecule has 0 bridgehead atoms. The van der Waals surface area contributed by atoms with E-state index >= 15 is 0 Å². The van der Waals surface area contributed by atoms with Gasteiger partial charge >= 0.3 is 0 Å². The van der Waals surface area contributed by atoms with Crippen molar-refractivity contribution in [1.29, 1.82) is 0 Å². The van der Waals surface area contributed by atoms with Crippen LogP contribution in [0.25, 0.3) is 0 Å². The Bertz CT molecular complexity index is 910. The highest BCUT2D eigenvalue weighted by Crippen LogP contribution is 2.38. The third-order valence-electron chi connectivity index (χ3n) is 5.09. The first-order chi connectivity index (χ1) is 12.8. The lowest BCUT2D eigenvalue weighted by atomic mass is 10.0. The van der Waals surface area contributed by atoms with Gasteiger partial charge in [0.25, 0.3) is 17.7 Å². The Morgan fingerprint density at radius 1 is 1.22 bits per heavy atom. The molecule has 1 aromatic rings. The van der Waals surface area contributed by atoms with Crippen molar-refractivity contribution < 1.29 is 24.0 Å². The summed E-state index contributed by atoms with van der Waals surface area (Å²) in [4.78, 5) is 60.6. The van der Waals surface area contributed by atoms with Crippen molar-refractivity contribution >= 4 is 42.2 Å². The van der Waals surface area contributed by atoms with E-state index in [-0.39, 0.29) is 42.3 Å². The quantitative estimate of drug-likeness (QED) is 0.510. The van der Waals surface area contributed by atoms with Gasteiger partial charge < -0.3 is 5.32 Å². The van der Waals surface area contributed by atoms with Gasteiger partial charge in [-0.1, -0.05) is 12.1 Å². The minimum atomic E-state index is -1.73. The number of benzene rings is 1. The Labute approximate surface area is 160 Å². The highest BCUT2D eigenvalue weighted by molar-refractivity contribution is 7.82. The molecule has 3 aliphatic rings. The first-order valence-corrected chi connectivity index (χ1v) is 9.13. The number of hydrogen-bond acceptors (Lipinski definition) is 6. The second-order valence-electron chi connectivity index (χ2n) is 6.97. The smallest absolute Gasteiger partial charge is 0.263 e. The lowest BCUT2D eigenvalue weighted by Crippen LogP contribution is -2.61. The Kier molecular flexibility index (Phi) is 4.06. The van der Waals surface area contributed by atoms with E-state index in [1.807, 2.05) is 0 Å². The van der Waals surface area contributed by atoms with Crippen molar-refractivity contribution in [3.63, 3.8) is 0 Å². The van der Waals surface area contributed by atoms with Crippen molar-refractivity contribution in [3.05, 3.63) is 34.9 Å². The number of carbonyl (C=O) groups is 5. The van der Waals surface area contributed by atoms with Gasteiger partial charge in [0.1, 0.15) is 0 Å². The molecule has 8 nitrogen and oxygen atoms in total. The van der Waals surface area contributed by atoms with Crippen LogP contribution in [0.1, 0.15) is 52.0 Å². The molecule has 0 radical (unpaired) electrons. The SMILES string of the molecule is O=C1CCC(S)(N2C(=O)c3cccc(CNC(=O)C4CC4)c3C2=O)C(=O)N1. The molecule has 4 rings (SSSR count). The first-order valence-electron chi connectivity index (χ1n) is 8.68. The average Bonchev–Trinajstić information content (AvgIpc) is 3.44. The van der Waals surface area contributed by atoms with E-state index in [2.05, 4.69) is 23.3 Å². The molecule has 1 aromatic carbocycles. The number of imide groups is 2. The van der Waals surface area contributed by atoms with Gasteiger partial charge in [0.15, 0.2) is 4.87 Å². The Morgan fingerprint density at radius 3 is 2.63 bits per heavy atom. The summed E-state index contributed by atoms with van der Waals surface area (Å²) in [6.07, 6.45) is 1.65. The van der Waals surface area contributed by atoms with E-state index < -0.39 is 28.5 Å². The Balaban J connectivity index is 1.64. The maximum Gasteiger partial charge on any atom is 0.263 e.